The minimum atomic E-state index is -1.18. The highest BCUT2D eigenvalue weighted by molar-refractivity contribution is 9.10. The van der Waals surface area contributed by atoms with Crippen molar-refractivity contribution in [3.63, 3.8) is 0 Å². The zero-order valence-electron chi connectivity index (χ0n) is 7.63. The second-order valence-electron chi connectivity index (χ2n) is 2.78. The molecule has 0 saturated heterocycles. The molecule has 0 bridgehead atoms. The van der Waals surface area contributed by atoms with E-state index in [0.717, 1.165) is 0 Å². The van der Waals surface area contributed by atoms with E-state index in [0.29, 0.717) is 15.7 Å². The van der Waals surface area contributed by atoms with Crippen molar-refractivity contribution in [1.82, 2.24) is 4.98 Å². The highest BCUT2D eigenvalue weighted by Crippen LogP contribution is 2.24. The molecule has 0 aromatic carbocycles. The summed E-state index contributed by atoms with van der Waals surface area (Å²) in [5.74, 6) is -1.18. The normalized spacial score (nSPS) is 9.57. The molecule has 0 aliphatic heterocycles. The van der Waals surface area contributed by atoms with Crippen molar-refractivity contribution in [3.05, 3.63) is 27.0 Å². The third-order valence-corrected chi connectivity index (χ3v) is 3.02. The SMILES string of the molecule is Cc1nc(C(=O)O)c(C#N)c(C)c1Br. The smallest absolute Gasteiger partial charge is 0.355 e. The van der Waals surface area contributed by atoms with Crippen LogP contribution in [0.4, 0.5) is 0 Å². The molecule has 1 N–H and O–H groups in total. The van der Waals surface area contributed by atoms with Crippen LogP contribution in [0.25, 0.3) is 0 Å². The fourth-order valence-electron chi connectivity index (χ4n) is 1.12. The van der Waals surface area contributed by atoms with Crippen molar-refractivity contribution < 1.29 is 9.90 Å². The summed E-state index contributed by atoms with van der Waals surface area (Å²) >= 11 is 3.25. The molecule has 0 saturated carbocycles. The summed E-state index contributed by atoms with van der Waals surface area (Å²) in [7, 11) is 0. The molecule has 0 unspecified atom stereocenters. The molecular weight excluding hydrogens is 248 g/mol. The molecule has 4 nitrogen and oxygen atoms in total. The van der Waals surface area contributed by atoms with E-state index >= 15 is 0 Å². The first-order chi connectivity index (χ1) is 6.49. The van der Waals surface area contributed by atoms with Gasteiger partial charge in [0.1, 0.15) is 6.07 Å². The van der Waals surface area contributed by atoms with Gasteiger partial charge >= 0.3 is 5.97 Å². The van der Waals surface area contributed by atoms with E-state index in [-0.39, 0.29) is 11.3 Å². The van der Waals surface area contributed by atoms with Gasteiger partial charge in [-0.1, -0.05) is 0 Å². The van der Waals surface area contributed by atoms with E-state index in [4.69, 9.17) is 10.4 Å². The van der Waals surface area contributed by atoms with E-state index in [9.17, 15) is 4.79 Å². The lowest BCUT2D eigenvalue weighted by molar-refractivity contribution is 0.0689. The van der Waals surface area contributed by atoms with Gasteiger partial charge < -0.3 is 5.11 Å². The lowest BCUT2D eigenvalue weighted by Crippen LogP contribution is -2.07. The Kier molecular flexibility index (Phi) is 2.87. The number of aryl methyl sites for hydroxylation is 1. The molecule has 0 aliphatic carbocycles. The zero-order valence-corrected chi connectivity index (χ0v) is 9.21. The lowest BCUT2D eigenvalue weighted by atomic mass is 10.1. The quantitative estimate of drug-likeness (QED) is 0.833. The summed E-state index contributed by atoms with van der Waals surface area (Å²) in [5, 5.41) is 17.6. The monoisotopic (exact) mass is 254 g/mol. The minimum Gasteiger partial charge on any atom is -0.476 e. The van der Waals surface area contributed by atoms with Crippen LogP contribution in [-0.4, -0.2) is 16.1 Å². The maximum absolute atomic E-state index is 10.8. The summed E-state index contributed by atoms with van der Waals surface area (Å²) in [5.41, 5.74) is 1.09. The molecule has 0 amide bonds. The second kappa shape index (κ2) is 3.76. The van der Waals surface area contributed by atoms with Gasteiger partial charge in [0.25, 0.3) is 0 Å². The molecule has 5 heteroatoms. The Bertz CT molecular complexity index is 449. The largest absolute Gasteiger partial charge is 0.476 e. The molecule has 72 valence electrons. The van der Waals surface area contributed by atoms with Gasteiger partial charge in [0.05, 0.1) is 11.3 Å². The van der Waals surface area contributed by atoms with E-state index in [1.165, 1.54) is 0 Å². The predicted octanol–water partition coefficient (Wildman–Crippen LogP) is 2.03. The van der Waals surface area contributed by atoms with Gasteiger partial charge in [-0.25, -0.2) is 9.78 Å². The Labute approximate surface area is 89.3 Å². The van der Waals surface area contributed by atoms with Crippen LogP contribution in [0.2, 0.25) is 0 Å². The zero-order chi connectivity index (χ0) is 10.9. The first-order valence-corrected chi connectivity index (χ1v) is 4.58. The van der Waals surface area contributed by atoms with Crippen LogP contribution in [0, 0.1) is 25.2 Å². The molecule has 1 aromatic heterocycles. The average Bonchev–Trinajstić information content (AvgIpc) is 2.13. The van der Waals surface area contributed by atoms with Gasteiger partial charge in [0, 0.05) is 4.47 Å². The van der Waals surface area contributed by atoms with E-state index < -0.39 is 5.97 Å². The van der Waals surface area contributed by atoms with Crippen LogP contribution < -0.4 is 0 Å². The van der Waals surface area contributed by atoms with Crippen molar-refractivity contribution >= 4 is 21.9 Å². The number of nitriles is 1. The average molecular weight is 255 g/mol. The highest BCUT2D eigenvalue weighted by Gasteiger charge is 2.17. The maximum Gasteiger partial charge on any atom is 0.355 e. The Morgan fingerprint density at radius 3 is 2.57 bits per heavy atom. The van der Waals surface area contributed by atoms with Crippen molar-refractivity contribution in [2.24, 2.45) is 0 Å². The van der Waals surface area contributed by atoms with Crippen LogP contribution in [0.3, 0.4) is 0 Å². The minimum absolute atomic E-state index is 0.106. The number of nitrogens with zero attached hydrogens (tertiary/aromatic N) is 2. The summed E-state index contributed by atoms with van der Waals surface area (Å²) in [4.78, 5) is 14.6. The molecule has 1 rings (SSSR count). The summed E-state index contributed by atoms with van der Waals surface area (Å²) < 4.78 is 0.680. The third kappa shape index (κ3) is 1.61. The first kappa shape index (κ1) is 10.7. The second-order valence-corrected chi connectivity index (χ2v) is 3.57. The van der Waals surface area contributed by atoms with Gasteiger partial charge in [0.2, 0.25) is 0 Å². The van der Waals surface area contributed by atoms with Crippen molar-refractivity contribution in [1.29, 1.82) is 5.26 Å². The fourth-order valence-corrected chi connectivity index (χ4v) is 1.41. The fraction of sp³-hybridized carbons (Fsp3) is 0.222. The van der Waals surface area contributed by atoms with Gasteiger partial charge in [-0.2, -0.15) is 5.26 Å². The van der Waals surface area contributed by atoms with Crippen LogP contribution in [-0.2, 0) is 0 Å². The number of halogens is 1. The lowest BCUT2D eigenvalue weighted by Gasteiger charge is -2.06. The Balaban J connectivity index is 3.62. The van der Waals surface area contributed by atoms with Crippen molar-refractivity contribution in [3.8, 4) is 6.07 Å². The predicted molar refractivity (Wildman–Crippen MR) is 53.1 cm³/mol. The number of aromatic carboxylic acids is 1. The van der Waals surface area contributed by atoms with Gasteiger partial charge in [0.15, 0.2) is 5.69 Å². The van der Waals surface area contributed by atoms with Crippen LogP contribution in [0.1, 0.15) is 27.3 Å². The van der Waals surface area contributed by atoms with Crippen LogP contribution in [0.15, 0.2) is 4.47 Å². The molecule has 1 heterocycles. The summed E-state index contributed by atoms with van der Waals surface area (Å²) in [6.07, 6.45) is 0. The number of aromatic nitrogens is 1. The Hall–Kier alpha value is -1.41. The maximum atomic E-state index is 10.8. The van der Waals surface area contributed by atoms with Gasteiger partial charge in [-0.05, 0) is 35.3 Å². The molecule has 0 aliphatic rings. The number of rotatable bonds is 1. The molecule has 0 atom stereocenters. The molecular formula is C9H7BrN2O2. The Morgan fingerprint density at radius 2 is 2.14 bits per heavy atom. The number of hydrogen-bond donors (Lipinski definition) is 1. The molecule has 0 radical (unpaired) electrons. The van der Waals surface area contributed by atoms with E-state index in [1.807, 2.05) is 6.07 Å². The molecule has 1 aromatic rings. The topological polar surface area (TPSA) is 74.0 Å². The standard InChI is InChI=1S/C9H7BrN2O2/c1-4-6(3-11)8(9(13)14)12-5(2)7(4)10/h1-2H3,(H,13,14). The molecule has 14 heavy (non-hydrogen) atoms. The number of carboxylic acids is 1. The number of carboxylic acid groups (broad SMARTS) is 1. The van der Waals surface area contributed by atoms with Crippen molar-refractivity contribution in [2.45, 2.75) is 13.8 Å². The third-order valence-electron chi connectivity index (χ3n) is 1.85. The van der Waals surface area contributed by atoms with E-state index in [2.05, 4.69) is 20.9 Å². The van der Waals surface area contributed by atoms with Crippen LogP contribution in [0.5, 0.6) is 0 Å². The molecule has 0 fully saturated rings. The summed E-state index contributed by atoms with van der Waals surface area (Å²) in [6, 6.07) is 1.84. The van der Waals surface area contributed by atoms with E-state index in [1.54, 1.807) is 13.8 Å². The molecule has 0 spiro atoms. The Morgan fingerprint density at radius 1 is 1.57 bits per heavy atom. The van der Waals surface area contributed by atoms with Crippen molar-refractivity contribution in [2.75, 3.05) is 0 Å². The van der Waals surface area contributed by atoms with Gasteiger partial charge in [-0.15, -0.1) is 0 Å². The number of carbonyl (C=O) groups is 1. The summed E-state index contributed by atoms with van der Waals surface area (Å²) in [6.45, 7) is 3.37. The first-order valence-electron chi connectivity index (χ1n) is 3.79. The number of pyridine rings is 1. The van der Waals surface area contributed by atoms with Crippen LogP contribution >= 0.6 is 15.9 Å². The van der Waals surface area contributed by atoms with Gasteiger partial charge in [-0.3, -0.25) is 0 Å². The number of hydrogen-bond acceptors (Lipinski definition) is 3. The highest BCUT2D eigenvalue weighted by atomic mass is 79.9.